The molecule has 0 saturated heterocycles. The molecule has 3 N–H and O–H groups in total. The molecule has 0 radical (unpaired) electrons. The summed E-state index contributed by atoms with van der Waals surface area (Å²) in [4.78, 5) is 19.5. The Kier molecular flexibility index (Phi) is 3.23. The number of nitrogens with zero attached hydrogens (tertiary/aromatic N) is 3. The van der Waals surface area contributed by atoms with E-state index in [1.807, 2.05) is 5.38 Å². The second-order valence-corrected chi connectivity index (χ2v) is 5.60. The van der Waals surface area contributed by atoms with Crippen LogP contribution in [0.15, 0.2) is 17.8 Å². The molecule has 0 saturated carbocycles. The normalized spacial score (nSPS) is 17.5. The highest BCUT2D eigenvalue weighted by Crippen LogP contribution is 2.37. The van der Waals surface area contributed by atoms with Crippen LogP contribution >= 0.6 is 11.3 Å². The van der Waals surface area contributed by atoms with E-state index in [-0.39, 0.29) is 23.4 Å². The first kappa shape index (κ1) is 12.8. The fourth-order valence-electron chi connectivity index (χ4n) is 2.48. The van der Waals surface area contributed by atoms with Crippen LogP contribution in [0, 0.1) is 10.1 Å². The molecule has 0 amide bonds. The lowest BCUT2D eigenvalue weighted by Gasteiger charge is -2.24. The zero-order chi connectivity index (χ0) is 14.1. The minimum absolute atomic E-state index is 0.0398. The summed E-state index contributed by atoms with van der Waals surface area (Å²) in [5.74, 6) is 0.0698. The Bertz CT molecular complexity index is 657. The first-order chi connectivity index (χ1) is 9.66. The van der Waals surface area contributed by atoms with Gasteiger partial charge in [0.2, 0.25) is 11.6 Å². The summed E-state index contributed by atoms with van der Waals surface area (Å²) in [6.07, 6.45) is 4.28. The second kappa shape index (κ2) is 5.04. The molecule has 2 aromatic rings. The van der Waals surface area contributed by atoms with E-state index in [9.17, 15) is 10.1 Å². The van der Waals surface area contributed by atoms with Gasteiger partial charge in [-0.2, -0.15) is 0 Å². The highest BCUT2D eigenvalue weighted by molar-refractivity contribution is 7.10. The Labute approximate surface area is 119 Å². The maximum atomic E-state index is 11.1. The number of hydrogen-bond donors (Lipinski definition) is 2. The third-order valence-corrected chi connectivity index (χ3v) is 4.39. The van der Waals surface area contributed by atoms with Crippen molar-refractivity contribution in [2.75, 3.05) is 11.1 Å². The van der Waals surface area contributed by atoms with E-state index in [1.54, 1.807) is 11.3 Å². The molecule has 2 heterocycles. The number of thiophene rings is 1. The summed E-state index contributed by atoms with van der Waals surface area (Å²) in [7, 11) is 0. The predicted octanol–water partition coefficient (Wildman–Crippen LogP) is 2.52. The Morgan fingerprint density at radius 1 is 1.50 bits per heavy atom. The lowest BCUT2D eigenvalue weighted by Crippen LogP contribution is -2.17. The number of nitro groups is 1. The number of rotatable bonds is 3. The molecule has 2 aromatic heterocycles. The molecule has 0 fully saturated rings. The van der Waals surface area contributed by atoms with Crippen molar-refractivity contribution in [1.82, 2.24) is 9.97 Å². The number of nitrogens with two attached hydrogens (primary N) is 1. The van der Waals surface area contributed by atoms with Crippen LogP contribution in [0.2, 0.25) is 0 Å². The number of anilines is 2. The van der Waals surface area contributed by atoms with Crippen LogP contribution in [0.5, 0.6) is 0 Å². The standard InChI is InChI=1S/C12H13N5O2S/c13-11-10(17(18)19)12(15-6-14-11)16-8-2-1-3-9-7(8)4-5-20-9/h4-6,8H,1-3H2,(H3,13,14,15,16). The van der Waals surface area contributed by atoms with E-state index >= 15 is 0 Å². The van der Waals surface area contributed by atoms with Gasteiger partial charge in [0, 0.05) is 4.88 Å². The Morgan fingerprint density at radius 3 is 3.15 bits per heavy atom. The van der Waals surface area contributed by atoms with Crippen molar-refractivity contribution in [3.63, 3.8) is 0 Å². The molecule has 1 unspecified atom stereocenters. The fraction of sp³-hybridized carbons (Fsp3) is 0.333. The monoisotopic (exact) mass is 291 g/mol. The maximum Gasteiger partial charge on any atom is 0.353 e. The minimum Gasteiger partial charge on any atom is -0.378 e. The number of aromatic nitrogens is 2. The van der Waals surface area contributed by atoms with E-state index < -0.39 is 4.92 Å². The van der Waals surface area contributed by atoms with Crippen molar-refractivity contribution in [2.45, 2.75) is 25.3 Å². The zero-order valence-corrected chi connectivity index (χ0v) is 11.4. The highest BCUT2D eigenvalue weighted by atomic mass is 32.1. The third kappa shape index (κ3) is 2.18. The van der Waals surface area contributed by atoms with Gasteiger partial charge in [0.25, 0.3) is 0 Å². The molecule has 0 spiro atoms. The van der Waals surface area contributed by atoms with Gasteiger partial charge in [-0.3, -0.25) is 10.1 Å². The molecule has 20 heavy (non-hydrogen) atoms. The predicted molar refractivity (Wildman–Crippen MR) is 76.7 cm³/mol. The largest absolute Gasteiger partial charge is 0.378 e. The number of fused-ring (bicyclic) bond motifs is 1. The molecule has 1 atom stereocenters. The molecule has 8 heteroatoms. The van der Waals surface area contributed by atoms with Gasteiger partial charge >= 0.3 is 5.69 Å². The van der Waals surface area contributed by atoms with Gasteiger partial charge in [0.15, 0.2) is 0 Å². The van der Waals surface area contributed by atoms with Crippen molar-refractivity contribution in [3.8, 4) is 0 Å². The lowest BCUT2D eigenvalue weighted by atomic mass is 9.94. The van der Waals surface area contributed by atoms with Gasteiger partial charge in [-0.25, -0.2) is 9.97 Å². The first-order valence-electron chi connectivity index (χ1n) is 6.24. The Balaban J connectivity index is 1.94. The van der Waals surface area contributed by atoms with Crippen LogP contribution in [0.1, 0.15) is 29.3 Å². The molecular weight excluding hydrogens is 278 g/mol. The fourth-order valence-corrected chi connectivity index (χ4v) is 3.47. The third-order valence-electron chi connectivity index (χ3n) is 3.40. The summed E-state index contributed by atoms with van der Waals surface area (Å²) in [6.45, 7) is 0. The number of nitrogen functional groups attached to an aromatic ring is 1. The quantitative estimate of drug-likeness (QED) is 0.664. The molecule has 104 valence electrons. The van der Waals surface area contributed by atoms with Crippen LogP contribution in [0.25, 0.3) is 0 Å². The molecule has 7 nitrogen and oxygen atoms in total. The summed E-state index contributed by atoms with van der Waals surface area (Å²) in [6, 6.07) is 2.10. The Morgan fingerprint density at radius 2 is 2.35 bits per heavy atom. The van der Waals surface area contributed by atoms with Crippen LogP contribution < -0.4 is 11.1 Å². The Hall–Kier alpha value is -2.22. The van der Waals surface area contributed by atoms with E-state index in [4.69, 9.17) is 5.73 Å². The van der Waals surface area contributed by atoms with Crippen LogP contribution in [-0.2, 0) is 6.42 Å². The van der Waals surface area contributed by atoms with Crippen molar-refractivity contribution < 1.29 is 4.92 Å². The smallest absolute Gasteiger partial charge is 0.353 e. The van der Waals surface area contributed by atoms with Gasteiger partial charge < -0.3 is 11.1 Å². The maximum absolute atomic E-state index is 11.1. The summed E-state index contributed by atoms with van der Waals surface area (Å²) in [5, 5.41) is 16.3. The topological polar surface area (TPSA) is 107 Å². The summed E-state index contributed by atoms with van der Waals surface area (Å²) >= 11 is 1.72. The van der Waals surface area contributed by atoms with Gasteiger partial charge in [-0.05, 0) is 36.3 Å². The average Bonchev–Trinajstić information content (AvgIpc) is 2.87. The van der Waals surface area contributed by atoms with Gasteiger partial charge in [-0.1, -0.05) is 0 Å². The number of nitrogens with one attached hydrogen (secondary N) is 1. The van der Waals surface area contributed by atoms with Crippen molar-refractivity contribution in [2.24, 2.45) is 0 Å². The number of hydrogen-bond acceptors (Lipinski definition) is 7. The van der Waals surface area contributed by atoms with E-state index in [0.717, 1.165) is 19.3 Å². The van der Waals surface area contributed by atoms with Crippen molar-refractivity contribution in [1.29, 1.82) is 0 Å². The van der Waals surface area contributed by atoms with Crippen LogP contribution in [0.4, 0.5) is 17.3 Å². The van der Waals surface area contributed by atoms with Gasteiger partial charge in [-0.15, -0.1) is 11.3 Å². The molecule has 3 rings (SSSR count). The van der Waals surface area contributed by atoms with Crippen LogP contribution in [-0.4, -0.2) is 14.9 Å². The summed E-state index contributed by atoms with van der Waals surface area (Å²) in [5.41, 5.74) is 6.52. The second-order valence-electron chi connectivity index (χ2n) is 4.60. The van der Waals surface area contributed by atoms with Gasteiger partial charge in [0.1, 0.15) is 6.33 Å². The molecular formula is C12H13N5O2S. The van der Waals surface area contributed by atoms with E-state index in [2.05, 4.69) is 21.4 Å². The molecule has 1 aliphatic rings. The SMILES string of the molecule is Nc1ncnc(NC2CCCc3sccc32)c1[N+](=O)[O-]. The molecule has 0 aliphatic heterocycles. The number of aryl methyl sites for hydroxylation is 1. The first-order valence-corrected chi connectivity index (χ1v) is 7.12. The van der Waals surface area contributed by atoms with Crippen LogP contribution in [0.3, 0.4) is 0 Å². The lowest BCUT2D eigenvalue weighted by molar-refractivity contribution is -0.383. The highest BCUT2D eigenvalue weighted by Gasteiger charge is 2.26. The zero-order valence-electron chi connectivity index (χ0n) is 10.6. The molecule has 0 aromatic carbocycles. The summed E-state index contributed by atoms with van der Waals surface area (Å²) < 4.78 is 0. The molecule has 0 bridgehead atoms. The van der Waals surface area contributed by atoms with Crippen molar-refractivity contribution >= 4 is 28.7 Å². The average molecular weight is 291 g/mol. The molecule has 1 aliphatic carbocycles. The van der Waals surface area contributed by atoms with Gasteiger partial charge in [0.05, 0.1) is 11.0 Å². The van der Waals surface area contributed by atoms with Crippen molar-refractivity contribution in [3.05, 3.63) is 38.3 Å². The van der Waals surface area contributed by atoms with E-state index in [1.165, 1.54) is 16.8 Å². The van der Waals surface area contributed by atoms with E-state index in [0.29, 0.717) is 0 Å². The minimum atomic E-state index is -0.547.